The van der Waals surface area contributed by atoms with Crippen LogP contribution in [0.25, 0.3) is 0 Å². The molecule has 0 unspecified atom stereocenters. The van der Waals surface area contributed by atoms with Crippen molar-refractivity contribution in [1.82, 2.24) is 0 Å². The molecule has 0 N–H and O–H groups in total. The first-order valence-electron chi connectivity index (χ1n) is 7.76. The molecule has 2 nitrogen and oxygen atoms in total. The lowest BCUT2D eigenvalue weighted by Crippen LogP contribution is -2.31. The Hall–Kier alpha value is -2.09. The predicted octanol–water partition coefficient (Wildman–Crippen LogP) is 4.62. The van der Waals surface area contributed by atoms with E-state index in [1.807, 2.05) is 35.2 Å². The van der Waals surface area contributed by atoms with Crippen molar-refractivity contribution in [2.45, 2.75) is 32.1 Å². The Labute approximate surface area is 126 Å². The Morgan fingerprint density at radius 3 is 2.29 bits per heavy atom. The Morgan fingerprint density at radius 1 is 1.05 bits per heavy atom. The van der Waals surface area contributed by atoms with E-state index in [9.17, 15) is 4.79 Å². The van der Waals surface area contributed by atoms with Gasteiger partial charge < -0.3 is 4.90 Å². The number of nitrogens with zero attached hydrogens (tertiary/aromatic N) is 1. The summed E-state index contributed by atoms with van der Waals surface area (Å²) >= 11 is 0. The minimum Gasteiger partial charge on any atom is -0.308 e. The van der Waals surface area contributed by atoms with Gasteiger partial charge in [0.25, 0.3) is 5.91 Å². The van der Waals surface area contributed by atoms with Crippen molar-refractivity contribution in [2.24, 2.45) is 0 Å². The van der Waals surface area contributed by atoms with Crippen LogP contribution in [-0.2, 0) is 0 Å². The molecule has 0 atom stereocenters. The molecule has 1 aliphatic carbocycles. The zero-order chi connectivity index (χ0) is 14.7. The van der Waals surface area contributed by atoms with Crippen LogP contribution >= 0.6 is 0 Å². The van der Waals surface area contributed by atoms with Gasteiger partial charge in [-0.2, -0.15) is 0 Å². The second kappa shape index (κ2) is 6.13. The quantitative estimate of drug-likeness (QED) is 0.782. The fourth-order valence-corrected chi connectivity index (χ4v) is 2.65. The van der Waals surface area contributed by atoms with Crippen molar-refractivity contribution in [3.05, 3.63) is 65.7 Å². The molecule has 1 fully saturated rings. The monoisotopic (exact) mass is 279 g/mol. The highest BCUT2D eigenvalue weighted by atomic mass is 16.2. The third-order valence-corrected chi connectivity index (χ3v) is 3.97. The largest absolute Gasteiger partial charge is 0.308 e. The first kappa shape index (κ1) is 13.9. The summed E-state index contributed by atoms with van der Waals surface area (Å²) < 4.78 is 0. The Morgan fingerprint density at radius 2 is 1.71 bits per heavy atom. The van der Waals surface area contributed by atoms with E-state index in [0.717, 1.165) is 30.1 Å². The molecule has 0 radical (unpaired) electrons. The molecule has 0 spiro atoms. The van der Waals surface area contributed by atoms with Crippen molar-refractivity contribution < 1.29 is 4.79 Å². The Balaban J connectivity index is 1.84. The SMILES string of the molecule is CCCN(C(=O)c1ccccc1)c1ccc(C2CC2)cc1. The summed E-state index contributed by atoms with van der Waals surface area (Å²) in [5.74, 6) is 0.833. The first-order valence-corrected chi connectivity index (χ1v) is 7.76. The molecule has 1 aliphatic rings. The fraction of sp³-hybridized carbons (Fsp3) is 0.316. The van der Waals surface area contributed by atoms with Crippen LogP contribution in [0.3, 0.4) is 0 Å². The summed E-state index contributed by atoms with van der Waals surface area (Å²) in [6.07, 6.45) is 3.56. The minimum atomic E-state index is 0.0802. The van der Waals surface area contributed by atoms with Crippen LogP contribution in [0.5, 0.6) is 0 Å². The van der Waals surface area contributed by atoms with E-state index in [1.165, 1.54) is 18.4 Å². The molecule has 1 saturated carbocycles. The van der Waals surface area contributed by atoms with Crippen LogP contribution < -0.4 is 4.90 Å². The first-order chi connectivity index (χ1) is 10.3. The van der Waals surface area contributed by atoms with Gasteiger partial charge in [0.15, 0.2) is 0 Å². The summed E-state index contributed by atoms with van der Waals surface area (Å²) in [4.78, 5) is 14.6. The van der Waals surface area contributed by atoms with E-state index in [-0.39, 0.29) is 5.91 Å². The molecule has 0 heterocycles. The van der Waals surface area contributed by atoms with E-state index in [0.29, 0.717) is 0 Å². The second-order valence-electron chi connectivity index (χ2n) is 5.69. The molecule has 2 heteroatoms. The molecule has 21 heavy (non-hydrogen) atoms. The van der Waals surface area contributed by atoms with E-state index in [1.54, 1.807) is 0 Å². The standard InChI is InChI=1S/C19H21NO/c1-2-14-20(19(21)17-6-4-3-5-7-17)18-12-10-16(11-13-18)15-8-9-15/h3-7,10-13,15H,2,8-9,14H2,1H3. The van der Waals surface area contributed by atoms with Crippen LogP contribution in [0.1, 0.15) is 48.0 Å². The fourth-order valence-electron chi connectivity index (χ4n) is 2.65. The van der Waals surface area contributed by atoms with Crippen molar-refractivity contribution in [2.75, 3.05) is 11.4 Å². The lowest BCUT2D eigenvalue weighted by atomic mass is 10.1. The lowest BCUT2D eigenvalue weighted by molar-refractivity contribution is 0.0987. The molecule has 0 aliphatic heterocycles. The number of rotatable bonds is 5. The summed E-state index contributed by atoms with van der Waals surface area (Å²) in [6, 6.07) is 18.0. The van der Waals surface area contributed by atoms with Crippen LogP contribution in [0, 0.1) is 0 Å². The van der Waals surface area contributed by atoms with E-state index >= 15 is 0 Å². The third-order valence-electron chi connectivity index (χ3n) is 3.97. The van der Waals surface area contributed by atoms with E-state index in [2.05, 4.69) is 31.2 Å². The molecule has 0 bridgehead atoms. The average molecular weight is 279 g/mol. The van der Waals surface area contributed by atoms with Gasteiger partial charge in [0.1, 0.15) is 0 Å². The maximum atomic E-state index is 12.7. The number of carbonyl (C=O) groups is 1. The van der Waals surface area contributed by atoms with E-state index < -0.39 is 0 Å². The number of amides is 1. The van der Waals surface area contributed by atoms with Gasteiger partial charge in [0.2, 0.25) is 0 Å². The molecule has 1 amide bonds. The Kier molecular flexibility index (Phi) is 4.05. The summed E-state index contributed by atoms with van der Waals surface area (Å²) in [5.41, 5.74) is 3.15. The van der Waals surface area contributed by atoms with Gasteiger partial charge in [-0.25, -0.2) is 0 Å². The van der Waals surface area contributed by atoms with Gasteiger partial charge in [0.05, 0.1) is 0 Å². The minimum absolute atomic E-state index is 0.0802. The molecule has 3 rings (SSSR count). The Bertz CT molecular complexity index is 599. The number of carbonyl (C=O) groups excluding carboxylic acids is 1. The van der Waals surface area contributed by atoms with Crippen molar-refractivity contribution in [3.63, 3.8) is 0 Å². The maximum Gasteiger partial charge on any atom is 0.258 e. The van der Waals surface area contributed by atoms with E-state index in [4.69, 9.17) is 0 Å². The van der Waals surface area contributed by atoms with Gasteiger partial charge in [-0.15, -0.1) is 0 Å². The van der Waals surface area contributed by atoms with Gasteiger partial charge >= 0.3 is 0 Å². The van der Waals surface area contributed by atoms with Crippen LogP contribution in [-0.4, -0.2) is 12.5 Å². The topological polar surface area (TPSA) is 20.3 Å². The highest BCUT2D eigenvalue weighted by Crippen LogP contribution is 2.40. The van der Waals surface area contributed by atoms with Gasteiger partial charge in [-0.05, 0) is 55.0 Å². The van der Waals surface area contributed by atoms with Crippen LogP contribution in [0.15, 0.2) is 54.6 Å². The molecular formula is C19H21NO. The smallest absolute Gasteiger partial charge is 0.258 e. The number of anilines is 1. The van der Waals surface area contributed by atoms with Crippen molar-refractivity contribution >= 4 is 11.6 Å². The van der Waals surface area contributed by atoms with Gasteiger partial charge in [-0.3, -0.25) is 4.79 Å². The number of benzene rings is 2. The molecule has 0 aromatic heterocycles. The van der Waals surface area contributed by atoms with Crippen molar-refractivity contribution in [3.8, 4) is 0 Å². The highest BCUT2D eigenvalue weighted by molar-refractivity contribution is 6.06. The zero-order valence-electron chi connectivity index (χ0n) is 12.5. The average Bonchev–Trinajstić information content (AvgIpc) is 3.38. The molecule has 2 aromatic carbocycles. The zero-order valence-corrected chi connectivity index (χ0v) is 12.5. The van der Waals surface area contributed by atoms with Crippen molar-refractivity contribution in [1.29, 1.82) is 0 Å². The summed E-state index contributed by atoms with van der Waals surface area (Å²) in [5, 5.41) is 0. The highest BCUT2D eigenvalue weighted by Gasteiger charge is 2.24. The van der Waals surface area contributed by atoms with Gasteiger partial charge in [-0.1, -0.05) is 37.3 Å². The molecule has 2 aromatic rings. The summed E-state index contributed by atoms with van der Waals surface area (Å²) in [6.45, 7) is 2.85. The van der Waals surface area contributed by atoms with Crippen LogP contribution in [0.4, 0.5) is 5.69 Å². The maximum absolute atomic E-state index is 12.7. The number of hydrogen-bond acceptors (Lipinski definition) is 1. The third kappa shape index (κ3) is 3.15. The van der Waals surface area contributed by atoms with Gasteiger partial charge in [0, 0.05) is 17.8 Å². The van der Waals surface area contributed by atoms with Crippen LogP contribution in [0.2, 0.25) is 0 Å². The number of hydrogen-bond donors (Lipinski definition) is 0. The molecule has 108 valence electrons. The lowest BCUT2D eigenvalue weighted by Gasteiger charge is -2.22. The summed E-state index contributed by atoms with van der Waals surface area (Å²) in [7, 11) is 0. The molecular weight excluding hydrogens is 258 g/mol. The normalized spacial score (nSPS) is 14.0. The second-order valence-corrected chi connectivity index (χ2v) is 5.69. The molecule has 0 saturated heterocycles. The predicted molar refractivity (Wildman–Crippen MR) is 86.8 cm³/mol.